The molecule has 1 saturated heterocycles. The SMILES string of the molecule is CC(=O)Oc1ccc2c(c1C)O[C@@]1(C[C@H]2c2cccs2)CC(C)(C)NC(=S)N1. The largest absolute Gasteiger partial charge is 0.467 e. The number of hydrogen-bond acceptors (Lipinski definition) is 5. The second kappa shape index (κ2) is 6.74. The van der Waals surface area contributed by atoms with Gasteiger partial charge in [-0.1, -0.05) is 12.1 Å². The van der Waals surface area contributed by atoms with Crippen LogP contribution in [0.2, 0.25) is 0 Å². The summed E-state index contributed by atoms with van der Waals surface area (Å²) in [7, 11) is 0. The minimum atomic E-state index is -0.618. The fourth-order valence-electron chi connectivity index (χ4n) is 4.32. The molecular formula is C21H24N2O3S2. The summed E-state index contributed by atoms with van der Waals surface area (Å²) < 4.78 is 12.0. The number of nitrogens with one attached hydrogen (secondary N) is 2. The van der Waals surface area contributed by atoms with Gasteiger partial charge in [0, 0.05) is 47.2 Å². The molecule has 2 aromatic rings. The van der Waals surface area contributed by atoms with Crippen molar-refractivity contribution >= 4 is 34.6 Å². The lowest BCUT2D eigenvalue weighted by Crippen LogP contribution is -2.69. The number of esters is 1. The van der Waals surface area contributed by atoms with Crippen molar-refractivity contribution in [2.24, 2.45) is 0 Å². The molecule has 2 atom stereocenters. The molecule has 1 fully saturated rings. The van der Waals surface area contributed by atoms with E-state index >= 15 is 0 Å². The van der Waals surface area contributed by atoms with Crippen LogP contribution in [0.5, 0.6) is 11.5 Å². The molecule has 3 heterocycles. The fourth-order valence-corrected chi connectivity index (χ4v) is 5.63. The van der Waals surface area contributed by atoms with Gasteiger partial charge in [0.25, 0.3) is 0 Å². The third kappa shape index (κ3) is 3.49. The highest BCUT2D eigenvalue weighted by Crippen LogP contribution is 2.50. The molecule has 148 valence electrons. The van der Waals surface area contributed by atoms with E-state index in [9.17, 15) is 4.79 Å². The maximum Gasteiger partial charge on any atom is 0.308 e. The zero-order chi connectivity index (χ0) is 20.1. The molecule has 1 aromatic carbocycles. The first-order chi connectivity index (χ1) is 13.2. The highest BCUT2D eigenvalue weighted by atomic mass is 32.1. The smallest absolute Gasteiger partial charge is 0.308 e. The van der Waals surface area contributed by atoms with Crippen molar-refractivity contribution in [3.05, 3.63) is 45.6 Å². The zero-order valence-electron chi connectivity index (χ0n) is 16.4. The highest BCUT2D eigenvalue weighted by molar-refractivity contribution is 7.80. The first-order valence-corrected chi connectivity index (χ1v) is 10.6. The molecule has 0 amide bonds. The van der Waals surface area contributed by atoms with E-state index in [1.165, 1.54) is 11.8 Å². The molecule has 0 saturated carbocycles. The standard InChI is InChI=1S/C21H24N2O3S2/c1-12-16(25-13(2)24)8-7-14-15(17-6-5-9-28-17)10-21(26-18(12)14)11-20(3,4)22-19(27)23-21/h5-9,15H,10-11H2,1-4H3,(H2,22,23,27)/t15-,21+/m1/s1. The molecule has 1 spiro atoms. The molecule has 2 aliphatic heterocycles. The molecule has 0 bridgehead atoms. The van der Waals surface area contributed by atoms with Gasteiger partial charge in [0.2, 0.25) is 0 Å². The molecule has 0 aliphatic carbocycles. The lowest BCUT2D eigenvalue weighted by atomic mass is 9.79. The third-order valence-corrected chi connectivity index (χ3v) is 6.44. The van der Waals surface area contributed by atoms with E-state index < -0.39 is 5.72 Å². The highest BCUT2D eigenvalue weighted by Gasteiger charge is 2.49. The summed E-state index contributed by atoms with van der Waals surface area (Å²) in [6.45, 7) is 7.60. The average molecular weight is 417 g/mol. The summed E-state index contributed by atoms with van der Waals surface area (Å²) >= 11 is 7.24. The number of thiocarbonyl (C=S) groups is 1. The second-order valence-electron chi connectivity index (χ2n) is 8.21. The Balaban J connectivity index is 1.84. The summed E-state index contributed by atoms with van der Waals surface area (Å²) in [5.74, 6) is 1.14. The van der Waals surface area contributed by atoms with Gasteiger partial charge < -0.3 is 20.1 Å². The molecule has 5 nitrogen and oxygen atoms in total. The van der Waals surface area contributed by atoms with Crippen molar-refractivity contribution in [2.45, 2.75) is 57.7 Å². The lowest BCUT2D eigenvalue weighted by Gasteiger charge is -2.50. The van der Waals surface area contributed by atoms with Crippen molar-refractivity contribution in [3.8, 4) is 11.5 Å². The predicted molar refractivity (Wildman–Crippen MR) is 114 cm³/mol. The topological polar surface area (TPSA) is 59.6 Å². The second-order valence-corrected chi connectivity index (χ2v) is 9.60. The van der Waals surface area contributed by atoms with E-state index in [1.54, 1.807) is 11.3 Å². The fraction of sp³-hybridized carbons (Fsp3) is 0.429. The molecule has 28 heavy (non-hydrogen) atoms. The first kappa shape index (κ1) is 19.2. The van der Waals surface area contributed by atoms with Gasteiger partial charge in [0.1, 0.15) is 11.5 Å². The molecule has 4 rings (SSSR count). The Morgan fingerprint density at radius 3 is 2.75 bits per heavy atom. The number of ether oxygens (including phenoxy) is 2. The monoisotopic (exact) mass is 416 g/mol. The van der Waals surface area contributed by atoms with Gasteiger partial charge in [-0.05, 0) is 50.5 Å². The summed E-state index contributed by atoms with van der Waals surface area (Å²) in [6, 6.07) is 8.12. The molecule has 1 aromatic heterocycles. The van der Waals surface area contributed by atoms with Gasteiger partial charge in [-0.2, -0.15) is 0 Å². The van der Waals surface area contributed by atoms with Gasteiger partial charge >= 0.3 is 5.97 Å². The number of rotatable bonds is 2. The summed E-state index contributed by atoms with van der Waals surface area (Å²) in [5.41, 5.74) is 1.14. The number of carbonyl (C=O) groups is 1. The Labute approximate surface area is 174 Å². The van der Waals surface area contributed by atoms with Crippen LogP contribution in [-0.4, -0.2) is 22.3 Å². The molecule has 2 aliphatic rings. The predicted octanol–water partition coefficient (Wildman–Crippen LogP) is 4.24. The van der Waals surface area contributed by atoms with Crippen LogP contribution >= 0.6 is 23.6 Å². The van der Waals surface area contributed by atoms with E-state index in [-0.39, 0.29) is 17.4 Å². The van der Waals surface area contributed by atoms with Gasteiger partial charge in [-0.3, -0.25) is 4.79 Å². The summed E-state index contributed by atoms with van der Waals surface area (Å²) in [6.07, 6.45) is 1.52. The third-order valence-electron chi connectivity index (χ3n) is 5.25. The Bertz CT molecular complexity index is 939. The normalized spacial score (nSPS) is 25.3. The van der Waals surface area contributed by atoms with E-state index in [0.717, 1.165) is 29.7 Å². The Hall–Kier alpha value is -2.12. The molecule has 0 radical (unpaired) electrons. The minimum Gasteiger partial charge on any atom is -0.467 e. The van der Waals surface area contributed by atoms with Crippen LogP contribution in [0, 0.1) is 6.92 Å². The van der Waals surface area contributed by atoms with Crippen LogP contribution in [0.1, 0.15) is 55.5 Å². The van der Waals surface area contributed by atoms with Gasteiger partial charge in [-0.25, -0.2) is 0 Å². The lowest BCUT2D eigenvalue weighted by molar-refractivity contribution is -0.131. The Morgan fingerprint density at radius 2 is 2.11 bits per heavy atom. The van der Waals surface area contributed by atoms with Crippen LogP contribution in [0.15, 0.2) is 29.6 Å². The van der Waals surface area contributed by atoms with Gasteiger partial charge in [0.15, 0.2) is 10.8 Å². The van der Waals surface area contributed by atoms with Crippen LogP contribution < -0.4 is 20.1 Å². The minimum absolute atomic E-state index is 0.179. The van der Waals surface area contributed by atoms with Crippen LogP contribution in [0.3, 0.4) is 0 Å². The maximum atomic E-state index is 11.5. The average Bonchev–Trinajstić information content (AvgIpc) is 3.09. The van der Waals surface area contributed by atoms with Gasteiger partial charge in [-0.15, -0.1) is 11.3 Å². The van der Waals surface area contributed by atoms with Crippen LogP contribution in [0.4, 0.5) is 0 Å². The summed E-state index contributed by atoms with van der Waals surface area (Å²) in [4.78, 5) is 12.8. The number of benzene rings is 1. The van der Waals surface area contributed by atoms with E-state index in [2.05, 4.69) is 42.0 Å². The quantitative estimate of drug-likeness (QED) is 0.434. The van der Waals surface area contributed by atoms with Crippen molar-refractivity contribution in [1.82, 2.24) is 10.6 Å². The maximum absolute atomic E-state index is 11.5. The number of hydrogen-bond donors (Lipinski definition) is 2. The first-order valence-electron chi connectivity index (χ1n) is 9.33. The van der Waals surface area contributed by atoms with Gasteiger partial charge in [0.05, 0.1) is 0 Å². The van der Waals surface area contributed by atoms with Crippen molar-refractivity contribution in [3.63, 3.8) is 0 Å². The Kier molecular flexibility index (Phi) is 4.62. The molecule has 0 unspecified atom stereocenters. The number of fused-ring (bicyclic) bond motifs is 1. The number of thiophene rings is 1. The Morgan fingerprint density at radius 1 is 1.32 bits per heavy atom. The van der Waals surface area contributed by atoms with E-state index in [1.807, 2.05) is 19.1 Å². The van der Waals surface area contributed by atoms with E-state index in [0.29, 0.717) is 10.9 Å². The van der Waals surface area contributed by atoms with E-state index in [4.69, 9.17) is 21.7 Å². The molecular weight excluding hydrogens is 392 g/mol. The molecule has 2 N–H and O–H groups in total. The van der Waals surface area contributed by atoms with Crippen LogP contribution in [-0.2, 0) is 4.79 Å². The molecule has 7 heteroatoms. The zero-order valence-corrected chi connectivity index (χ0v) is 18.1. The summed E-state index contributed by atoms with van der Waals surface area (Å²) in [5, 5.41) is 9.42. The van der Waals surface area contributed by atoms with Crippen molar-refractivity contribution in [1.29, 1.82) is 0 Å². The van der Waals surface area contributed by atoms with Crippen molar-refractivity contribution in [2.75, 3.05) is 0 Å². The van der Waals surface area contributed by atoms with Crippen LogP contribution in [0.25, 0.3) is 0 Å². The number of carbonyl (C=O) groups excluding carboxylic acids is 1. The van der Waals surface area contributed by atoms with Crippen molar-refractivity contribution < 1.29 is 14.3 Å².